The Labute approximate surface area is 104 Å². The molecule has 0 spiro atoms. The highest BCUT2D eigenvalue weighted by Crippen LogP contribution is 2.07. The Hall–Kier alpha value is -2.42. The minimum atomic E-state index is 0.00412. The number of benzene rings is 1. The van der Waals surface area contributed by atoms with Gasteiger partial charge in [-0.2, -0.15) is 0 Å². The lowest BCUT2D eigenvalue weighted by Gasteiger charge is -2.06. The van der Waals surface area contributed by atoms with Crippen molar-refractivity contribution in [3.63, 3.8) is 0 Å². The summed E-state index contributed by atoms with van der Waals surface area (Å²) in [5, 5.41) is 1.59. The van der Waals surface area contributed by atoms with Crippen molar-refractivity contribution in [2.75, 3.05) is 0 Å². The normalized spacial score (nSPS) is 10.7. The second kappa shape index (κ2) is 4.45. The van der Waals surface area contributed by atoms with E-state index in [-0.39, 0.29) is 5.56 Å². The van der Waals surface area contributed by atoms with Crippen LogP contribution in [0.3, 0.4) is 0 Å². The molecule has 1 aromatic carbocycles. The van der Waals surface area contributed by atoms with Crippen LogP contribution in [0.2, 0.25) is 0 Å². The molecule has 0 amide bonds. The molecule has 0 radical (unpaired) electrons. The van der Waals surface area contributed by atoms with Crippen LogP contribution in [-0.2, 0) is 6.54 Å². The van der Waals surface area contributed by atoms with E-state index < -0.39 is 0 Å². The summed E-state index contributed by atoms with van der Waals surface area (Å²) in [5.74, 6) is 0. The van der Waals surface area contributed by atoms with Crippen molar-refractivity contribution in [1.82, 2.24) is 9.55 Å². The van der Waals surface area contributed by atoms with Gasteiger partial charge in [-0.1, -0.05) is 30.3 Å². The fourth-order valence-corrected chi connectivity index (χ4v) is 2.03. The first kappa shape index (κ1) is 10.7. The number of nitrogens with zero attached hydrogens (tertiary/aromatic N) is 2. The number of aromatic nitrogens is 2. The summed E-state index contributed by atoms with van der Waals surface area (Å²) in [4.78, 5) is 16.3. The lowest BCUT2D eigenvalue weighted by atomic mass is 10.2. The van der Waals surface area contributed by atoms with Gasteiger partial charge < -0.3 is 4.57 Å². The highest BCUT2D eigenvalue weighted by molar-refractivity contribution is 5.80. The Balaban J connectivity index is 2.08. The zero-order valence-corrected chi connectivity index (χ0v) is 9.78. The van der Waals surface area contributed by atoms with Crippen LogP contribution in [-0.4, -0.2) is 9.55 Å². The Morgan fingerprint density at radius 3 is 2.72 bits per heavy atom. The van der Waals surface area contributed by atoms with E-state index in [1.807, 2.05) is 48.7 Å². The van der Waals surface area contributed by atoms with Crippen LogP contribution in [0.1, 0.15) is 5.56 Å². The van der Waals surface area contributed by atoms with Crippen LogP contribution in [0, 0.1) is 0 Å². The van der Waals surface area contributed by atoms with Gasteiger partial charge in [-0.25, -0.2) is 0 Å². The van der Waals surface area contributed by atoms with E-state index in [1.165, 1.54) is 0 Å². The van der Waals surface area contributed by atoms with E-state index in [0.717, 1.165) is 10.9 Å². The number of hydrogen-bond acceptors (Lipinski definition) is 2. The molecule has 0 saturated heterocycles. The molecule has 3 heteroatoms. The third kappa shape index (κ3) is 1.91. The zero-order chi connectivity index (χ0) is 12.4. The van der Waals surface area contributed by atoms with Gasteiger partial charge in [0.1, 0.15) is 0 Å². The van der Waals surface area contributed by atoms with Gasteiger partial charge in [0.25, 0.3) is 5.56 Å². The fraction of sp³-hybridized carbons (Fsp3) is 0.0667. The smallest absolute Gasteiger partial charge is 0.260 e. The SMILES string of the molecule is O=c1c2cnccc2ccn1Cc1ccccc1. The lowest BCUT2D eigenvalue weighted by Crippen LogP contribution is -2.20. The fourth-order valence-electron chi connectivity index (χ4n) is 2.03. The molecular weight excluding hydrogens is 224 g/mol. The zero-order valence-electron chi connectivity index (χ0n) is 9.78. The van der Waals surface area contributed by atoms with Crippen molar-refractivity contribution in [2.24, 2.45) is 0 Å². The van der Waals surface area contributed by atoms with E-state index in [1.54, 1.807) is 17.0 Å². The highest BCUT2D eigenvalue weighted by Gasteiger charge is 2.02. The van der Waals surface area contributed by atoms with E-state index in [9.17, 15) is 4.79 Å². The van der Waals surface area contributed by atoms with Crippen LogP contribution >= 0.6 is 0 Å². The number of fused-ring (bicyclic) bond motifs is 1. The maximum atomic E-state index is 12.3. The molecule has 3 nitrogen and oxygen atoms in total. The van der Waals surface area contributed by atoms with Crippen LogP contribution in [0.5, 0.6) is 0 Å². The molecule has 2 aromatic heterocycles. The summed E-state index contributed by atoms with van der Waals surface area (Å²) in [5.41, 5.74) is 1.12. The van der Waals surface area contributed by atoms with Crippen LogP contribution in [0.15, 0.2) is 65.8 Å². The van der Waals surface area contributed by atoms with Gasteiger partial charge >= 0.3 is 0 Å². The van der Waals surface area contributed by atoms with Crippen molar-refractivity contribution in [2.45, 2.75) is 6.54 Å². The molecule has 2 heterocycles. The van der Waals surface area contributed by atoms with E-state index in [0.29, 0.717) is 11.9 Å². The molecule has 0 saturated carbocycles. The highest BCUT2D eigenvalue weighted by atomic mass is 16.1. The number of hydrogen-bond donors (Lipinski definition) is 0. The second-order valence-electron chi connectivity index (χ2n) is 4.20. The monoisotopic (exact) mass is 236 g/mol. The Bertz CT molecular complexity index is 732. The molecule has 0 unspecified atom stereocenters. The van der Waals surface area contributed by atoms with Crippen molar-refractivity contribution >= 4 is 10.8 Å². The van der Waals surface area contributed by atoms with Gasteiger partial charge in [-0.15, -0.1) is 0 Å². The molecule has 0 N–H and O–H groups in total. The maximum Gasteiger partial charge on any atom is 0.260 e. The molecule has 3 aromatic rings. The van der Waals surface area contributed by atoms with Crippen LogP contribution < -0.4 is 5.56 Å². The van der Waals surface area contributed by atoms with Gasteiger partial charge in [0, 0.05) is 18.6 Å². The summed E-state index contributed by atoms with van der Waals surface area (Å²) in [7, 11) is 0. The third-order valence-electron chi connectivity index (χ3n) is 2.98. The molecule has 18 heavy (non-hydrogen) atoms. The third-order valence-corrected chi connectivity index (χ3v) is 2.98. The van der Waals surface area contributed by atoms with E-state index >= 15 is 0 Å². The summed E-state index contributed by atoms with van der Waals surface area (Å²) in [6.07, 6.45) is 5.15. The van der Waals surface area contributed by atoms with Gasteiger partial charge in [-0.05, 0) is 23.1 Å². The molecular formula is C15H12N2O. The maximum absolute atomic E-state index is 12.3. The summed E-state index contributed by atoms with van der Waals surface area (Å²) in [6, 6.07) is 13.7. The predicted molar refractivity (Wildman–Crippen MR) is 71.5 cm³/mol. The molecule has 0 aliphatic heterocycles. The minimum Gasteiger partial charge on any atom is -0.311 e. The van der Waals surface area contributed by atoms with Gasteiger partial charge in [0.2, 0.25) is 0 Å². The average Bonchev–Trinajstić information content (AvgIpc) is 2.43. The van der Waals surface area contributed by atoms with Gasteiger partial charge in [0.05, 0.1) is 11.9 Å². The van der Waals surface area contributed by atoms with Crippen LogP contribution in [0.4, 0.5) is 0 Å². The quantitative estimate of drug-likeness (QED) is 0.685. The predicted octanol–water partition coefficient (Wildman–Crippen LogP) is 2.44. The van der Waals surface area contributed by atoms with E-state index in [4.69, 9.17) is 0 Å². The first-order chi connectivity index (χ1) is 8.84. The first-order valence-electron chi connectivity index (χ1n) is 5.82. The van der Waals surface area contributed by atoms with Crippen molar-refractivity contribution < 1.29 is 0 Å². The molecule has 0 bridgehead atoms. The first-order valence-corrected chi connectivity index (χ1v) is 5.82. The molecule has 0 aliphatic carbocycles. The number of pyridine rings is 2. The second-order valence-corrected chi connectivity index (χ2v) is 4.20. The lowest BCUT2D eigenvalue weighted by molar-refractivity contribution is 0.768. The van der Waals surface area contributed by atoms with Crippen molar-refractivity contribution in [3.8, 4) is 0 Å². The molecule has 0 atom stereocenters. The molecule has 0 fully saturated rings. The summed E-state index contributed by atoms with van der Waals surface area (Å²) < 4.78 is 1.71. The van der Waals surface area contributed by atoms with Crippen molar-refractivity contribution in [1.29, 1.82) is 0 Å². The largest absolute Gasteiger partial charge is 0.311 e. The molecule has 3 rings (SSSR count). The van der Waals surface area contributed by atoms with E-state index in [2.05, 4.69) is 4.98 Å². The minimum absolute atomic E-state index is 0.00412. The standard InChI is InChI=1S/C15H12N2O/c18-15-14-10-16-8-6-13(14)7-9-17(15)11-12-4-2-1-3-5-12/h1-10H,11H2. The summed E-state index contributed by atoms with van der Waals surface area (Å²) >= 11 is 0. The van der Waals surface area contributed by atoms with Gasteiger partial charge in [0.15, 0.2) is 0 Å². The Morgan fingerprint density at radius 2 is 1.89 bits per heavy atom. The Kier molecular flexibility index (Phi) is 2.65. The number of rotatable bonds is 2. The average molecular weight is 236 g/mol. The molecule has 0 aliphatic rings. The summed E-state index contributed by atoms with van der Waals surface area (Å²) in [6.45, 7) is 0.588. The van der Waals surface area contributed by atoms with Crippen LogP contribution in [0.25, 0.3) is 10.8 Å². The Morgan fingerprint density at radius 1 is 1.06 bits per heavy atom. The topological polar surface area (TPSA) is 34.9 Å². The molecule has 88 valence electrons. The van der Waals surface area contributed by atoms with Gasteiger partial charge in [-0.3, -0.25) is 9.78 Å². The van der Waals surface area contributed by atoms with Crippen molar-refractivity contribution in [3.05, 3.63) is 77.0 Å².